The lowest BCUT2D eigenvalue weighted by Gasteiger charge is -2.30. The van der Waals surface area contributed by atoms with Gasteiger partial charge in [-0.3, -0.25) is 4.79 Å². The van der Waals surface area contributed by atoms with E-state index in [2.05, 4.69) is 0 Å². The molecule has 0 aliphatic carbocycles. The Morgan fingerprint density at radius 3 is 2.48 bits per heavy atom. The normalized spacial score (nSPS) is 14.4. The smallest absolute Gasteiger partial charge is 0.233 e. The molecule has 0 fully saturated rings. The fourth-order valence-electron chi connectivity index (χ4n) is 2.43. The third-order valence-electron chi connectivity index (χ3n) is 3.61. The van der Waals surface area contributed by atoms with Crippen molar-refractivity contribution in [3.8, 4) is 0 Å². The number of hydrogen-bond acceptors (Lipinski definition) is 3. The van der Waals surface area contributed by atoms with Crippen molar-refractivity contribution < 1.29 is 14.3 Å². The minimum absolute atomic E-state index is 0.0232. The van der Waals surface area contributed by atoms with Gasteiger partial charge in [-0.15, -0.1) is 0 Å². The van der Waals surface area contributed by atoms with E-state index in [1.54, 1.807) is 11.8 Å². The SMILES string of the molecule is CC(O)CN(C(=O)C(C)c1cc2ccccc2o1)C(C)C. The molecule has 2 atom stereocenters. The summed E-state index contributed by atoms with van der Waals surface area (Å²) < 4.78 is 5.78. The van der Waals surface area contributed by atoms with E-state index in [0.29, 0.717) is 12.3 Å². The molecule has 0 saturated heterocycles. The number of fused-ring (bicyclic) bond motifs is 1. The standard InChI is InChI=1S/C17H23NO3/c1-11(2)18(10-12(3)19)17(20)13(4)16-9-14-7-5-6-8-15(14)21-16/h5-9,11-13,19H,10H2,1-4H3. The van der Waals surface area contributed by atoms with Crippen LogP contribution in [0, 0.1) is 0 Å². The molecule has 0 bridgehead atoms. The van der Waals surface area contributed by atoms with Gasteiger partial charge in [0.1, 0.15) is 11.3 Å². The number of rotatable bonds is 5. The van der Waals surface area contributed by atoms with Crippen molar-refractivity contribution >= 4 is 16.9 Å². The van der Waals surface area contributed by atoms with Gasteiger partial charge in [0.2, 0.25) is 5.91 Å². The summed E-state index contributed by atoms with van der Waals surface area (Å²) in [5.74, 6) is 0.279. The van der Waals surface area contributed by atoms with Gasteiger partial charge >= 0.3 is 0 Å². The number of benzene rings is 1. The Kier molecular flexibility index (Phi) is 4.68. The van der Waals surface area contributed by atoms with Gasteiger partial charge in [0, 0.05) is 18.0 Å². The van der Waals surface area contributed by atoms with Crippen LogP contribution < -0.4 is 0 Å². The zero-order valence-corrected chi connectivity index (χ0v) is 13.0. The van der Waals surface area contributed by atoms with Crippen molar-refractivity contribution in [2.75, 3.05) is 6.54 Å². The maximum Gasteiger partial charge on any atom is 0.233 e. The van der Waals surface area contributed by atoms with Crippen molar-refractivity contribution in [1.29, 1.82) is 0 Å². The van der Waals surface area contributed by atoms with Crippen LogP contribution in [0.2, 0.25) is 0 Å². The van der Waals surface area contributed by atoms with E-state index < -0.39 is 6.10 Å². The molecule has 2 rings (SSSR count). The van der Waals surface area contributed by atoms with E-state index in [4.69, 9.17) is 4.42 Å². The Morgan fingerprint density at radius 2 is 1.90 bits per heavy atom. The Hall–Kier alpha value is -1.81. The molecule has 1 N–H and O–H groups in total. The highest BCUT2D eigenvalue weighted by Crippen LogP contribution is 2.26. The predicted molar refractivity (Wildman–Crippen MR) is 83.2 cm³/mol. The number of amides is 1. The van der Waals surface area contributed by atoms with E-state index >= 15 is 0 Å². The summed E-state index contributed by atoms with van der Waals surface area (Å²) in [6, 6.07) is 9.68. The largest absolute Gasteiger partial charge is 0.460 e. The molecule has 2 aromatic rings. The van der Waals surface area contributed by atoms with Crippen LogP contribution in [-0.2, 0) is 4.79 Å². The highest BCUT2D eigenvalue weighted by Gasteiger charge is 2.27. The predicted octanol–water partition coefficient (Wildman–Crippen LogP) is 3.15. The number of aliphatic hydroxyl groups excluding tert-OH is 1. The van der Waals surface area contributed by atoms with Gasteiger partial charge in [-0.25, -0.2) is 0 Å². The van der Waals surface area contributed by atoms with Crippen LogP contribution in [0.5, 0.6) is 0 Å². The lowest BCUT2D eigenvalue weighted by molar-refractivity contribution is -0.135. The fraction of sp³-hybridized carbons (Fsp3) is 0.471. The molecule has 1 heterocycles. The molecule has 0 aliphatic rings. The summed E-state index contributed by atoms with van der Waals surface area (Å²) >= 11 is 0. The van der Waals surface area contributed by atoms with Crippen molar-refractivity contribution in [1.82, 2.24) is 4.90 Å². The third kappa shape index (κ3) is 3.45. The topological polar surface area (TPSA) is 53.7 Å². The average molecular weight is 289 g/mol. The first-order valence-electron chi connectivity index (χ1n) is 7.37. The second kappa shape index (κ2) is 6.31. The summed E-state index contributed by atoms with van der Waals surface area (Å²) in [4.78, 5) is 14.3. The quantitative estimate of drug-likeness (QED) is 0.920. The van der Waals surface area contributed by atoms with Crippen LogP contribution in [0.15, 0.2) is 34.7 Å². The first-order valence-corrected chi connectivity index (χ1v) is 7.37. The van der Waals surface area contributed by atoms with E-state index in [1.807, 2.05) is 51.1 Å². The van der Waals surface area contributed by atoms with Crippen LogP contribution in [0.4, 0.5) is 0 Å². The molecule has 2 unspecified atom stereocenters. The van der Waals surface area contributed by atoms with Crippen molar-refractivity contribution in [3.05, 3.63) is 36.1 Å². The monoisotopic (exact) mass is 289 g/mol. The number of carbonyl (C=O) groups excluding carboxylic acids is 1. The lowest BCUT2D eigenvalue weighted by Crippen LogP contribution is -2.43. The molecular weight excluding hydrogens is 266 g/mol. The Balaban J connectivity index is 2.24. The van der Waals surface area contributed by atoms with Gasteiger partial charge in [0.15, 0.2) is 0 Å². The highest BCUT2D eigenvalue weighted by atomic mass is 16.3. The van der Waals surface area contributed by atoms with Gasteiger partial charge in [0.25, 0.3) is 0 Å². The van der Waals surface area contributed by atoms with Gasteiger partial charge in [-0.2, -0.15) is 0 Å². The van der Waals surface area contributed by atoms with Crippen LogP contribution in [-0.4, -0.2) is 34.6 Å². The molecule has 21 heavy (non-hydrogen) atoms. The third-order valence-corrected chi connectivity index (χ3v) is 3.61. The number of nitrogens with zero attached hydrogens (tertiary/aromatic N) is 1. The average Bonchev–Trinajstić information content (AvgIpc) is 2.86. The summed E-state index contributed by atoms with van der Waals surface area (Å²) in [5, 5.41) is 10.6. The summed E-state index contributed by atoms with van der Waals surface area (Å²) in [7, 11) is 0. The summed E-state index contributed by atoms with van der Waals surface area (Å²) in [6.45, 7) is 7.77. The molecule has 0 aliphatic heterocycles. The van der Waals surface area contributed by atoms with Crippen molar-refractivity contribution in [3.63, 3.8) is 0 Å². The molecule has 114 valence electrons. The molecular formula is C17H23NO3. The van der Waals surface area contributed by atoms with Crippen molar-refractivity contribution in [2.24, 2.45) is 0 Å². The molecule has 0 spiro atoms. The Morgan fingerprint density at radius 1 is 1.24 bits per heavy atom. The van der Waals surface area contributed by atoms with Crippen LogP contribution in [0.3, 0.4) is 0 Å². The highest BCUT2D eigenvalue weighted by molar-refractivity contribution is 5.85. The second-order valence-electron chi connectivity index (χ2n) is 5.84. The van der Waals surface area contributed by atoms with Gasteiger partial charge in [0.05, 0.1) is 12.0 Å². The molecule has 1 amide bonds. The Labute approximate surface area is 125 Å². The molecule has 4 heteroatoms. The minimum Gasteiger partial charge on any atom is -0.460 e. The number of para-hydroxylation sites is 1. The van der Waals surface area contributed by atoms with E-state index in [0.717, 1.165) is 11.0 Å². The molecule has 0 radical (unpaired) electrons. The number of aliphatic hydroxyl groups is 1. The molecule has 1 aromatic carbocycles. The van der Waals surface area contributed by atoms with Crippen LogP contribution in [0.25, 0.3) is 11.0 Å². The maximum absolute atomic E-state index is 12.7. The van der Waals surface area contributed by atoms with Gasteiger partial charge < -0.3 is 14.4 Å². The van der Waals surface area contributed by atoms with Crippen LogP contribution in [0.1, 0.15) is 39.4 Å². The molecule has 1 aromatic heterocycles. The van der Waals surface area contributed by atoms with Gasteiger partial charge in [-0.1, -0.05) is 18.2 Å². The minimum atomic E-state index is -0.542. The molecule has 4 nitrogen and oxygen atoms in total. The van der Waals surface area contributed by atoms with E-state index in [-0.39, 0.29) is 17.9 Å². The number of carbonyl (C=O) groups is 1. The van der Waals surface area contributed by atoms with E-state index in [9.17, 15) is 9.90 Å². The lowest BCUT2D eigenvalue weighted by atomic mass is 10.1. The molecule has 0 saturated carbocycles. The van der Waals surface area contributed by atoms with Crippen LogP contribution >= 0.6 is 0 Å². The number of furan rings is 1. The van der Waals surface area contributed by atoms with Crippen molar-refractivity contribution in [2.45, 2.75) is 45.8 Å². The van der Waals surface area contributed by atoms with Gasteiger partial charge in [-0.05, 0) is 39.8 Å². The summed E-state index contributed by atoms with van der Waals surface area (Å²) in [5.41, 5.74) is 0.791. The first-order chi connectivity index (χ1) is 9.90. The fourth-order valence-corrected chi connectivity index (χ4v) is 2.43. The van der Waals surface area contributed by atoms with E-state index in [1.165, 1.54) is 0 Å². The summed E-state index contributed by atoms with van der Waals surface area (Å²) in [6.07, 6.45) is -0.542. The Bertz CT molecular complexity index is 582. The zero-order chi connectivity index (χ0) is 15.6. The first kappa shape index (κ1) is 15.6. The second-order valence-corrected chi connectivity index (χ2v) is 5.84. The zero-order valence-electron chi connectivity index (χ0n) is 13.0. The number of hydrogen-bond donors (Lipinski definition) is 1. The maximum atomic E-state index is 12.7.